The normalized spacial score (nSPS) is 18.5. The number of halogens is 3. The number of carbonyl (C=O) groups is 1. The van der Waals surface area contributed by atoms with Crippen LogP contribution in [0.25, 0.3) is 22.8 Å². The molecule has 10 heteroatoms. The largest absolute Gasteiger partial charge is 0.481 e. The Balaban J connectivity index is 1.19. The molecule has 1 saturated carbocycles. The van der Waals surface area contributed by atoms with Gasteiger partial charge in [-0.2, -0.15) is 18.3 Å². The first kappa shape index (κ1) is 24.3. The Labute approximate surface area is 206 Å². The van der Waals surface area contributed by atoms with Crippen LogP contribution in [0.2, 0.25) is 0 Å². The zero-order valence-electron chi connectivity index (χ0n) is 19.8. The van der Waals surface area contributed by atoms with Crippen molar-refractivity contribution in [3.8, 4) is 22.8 Å². The molecule has 1 aromatic carbocycles. The van der Waals surface area contributed by atoms with E-state index in [1.165, 1.54) is 12.1 Å². The van der Waals surface area contributed by atoms with Crippen LogP contribution in [0.1, 0.15) is 50.5 Å². The number of pyridine rings is 1. The fraction of sp³-hybridized carbons (Fsp3) is 0.462. The number of nitrogens with one attached hydrogen (secondary N) is 1. The van der Waals surface area contributed by atoms with E-state index >= 15 is 0 Å². The highest BCUT2D eigenvalue weighted by molar-refractivity contribution is 5.67. The highest BCUT2D eigenvalue weighted by Gasteiger charge is 2.38. The molecule has 0 amide bonds. The van der Waals surface area contributed by atoms with Crippen LogP contribution in [-0.4, -0.2) is 44.3 Å². The molecule has 36 heavy (non-hydrogen) atoms. The maximum Gasteiger partial charge on any atom is 0.416 e. The zero-order chi connectivity index (χ0) is 25.3. The molecule has 3 heterocycles. The number of anilines is 1. The number of hydrogen-bond acceptors (Lipinski definition) is 5. The van der Waals surface area contributed by atoms with E-state index in [0.717, 1.165) is 75.1 Å². The van der Waals surface area contributed by atoms with E-state index in [-0.39, 0.29) is 6.42 Å². The number of piperidine rings is 1. The van der Waals surface area contributed by atoms with Crippen molar-refractivity contribution in [3.63, 3.8) is 0 Å². The summed E-state index contributed by atoms with van der Waals surface area (Å²) in [5, 5.41) is 16.0. The molecule has 2 fully saturated rings. The maximum atomic E-state index is 12.8. The second-order valence-corrected chi connectivity index (χ2v) is 10.0. The van der Waals surface area contributed by atoms with Crippen molar-refractivity contribution in [2.24, 2.45) is 11.3 Å². The summed E-state index contributed by atoms with van der Waals surface area (Å²) < 4.78 is 38.4. The summed E-state index contributed by atoms with van der Waals surface area (Å²) in [6.07, 6.45) is 4.03. The summed E-state index contributed by atoms with van der Waals surface area (Å²) in [6, 6.07) is 8.65. The smallest absolute Gasteiger partial charge is 0.416 e. The van der Waals surface area contributed by atoms with Crippen molar-refractivity contribution in [1.82, 2.24) is 20.2 Å². The van der Waals surface area contributed by atoms with Crippen LogP contribution in [0.3, 0.4) is 0 Å². The minimum atomic E-state index is -4.38. The first-order chi connectivity index (χ1) is 17.2. The molecular weight excluding hydrogens is 471 g/mol. The Bertz CT molecular complexity index is 1190. The van der Waals surface area contributed by atoms with E-state index in [2.05, 4.69) is 25.1 Å². The van der Waals surface area contributed by atoms with Crippen molar-refractivity contribution in [2.75, 3.05) is 18.0 Å². The molecule has 1 saturated heterocycles. The van der Waals surface area contributed by atoms with Gasteiger partial charge in [0.15, 0.2) is 11.6 Å². The number of carboxylic acid groups (broad SMARTS) is 1. The van der Waals surface area contributed by atoms with Crippen molar-refractivity contribution in [3.05, 3.63) is 48.2 Å². The first-order valence-corrected chi connectivity index (χ1v) is 12.2. The average molecular weight is 500 g/mol. The second-order valence-electron chi connectivity index (χ2n) is 10.0. The van der Waals surface area contributed by atoms with Gasteiger partial charge in [-0.3, -0.25) is 9.89 Å². The lowest BCUT2D eigenvalue weighted by atomic mass is 9.65. The van der Waals surface area contributed by atoms with E-state index in [1.807, 2.05) is 12.1 Å². The first-order valence-electron chi connectivity index (χ1n) is 12.2. The topological polar surface area (TPSA) is 95.0 Å². The Morgan fingerprint density at radius 1 is 1.03 bits per heavy atom. The number of H-pyrrole nitrogens is 1. The summed E-state index contributed by atoms with van der Waals surface area (Å²) in [6.45, 7) is 1.85. The third-order valence-electron chi connectivity index (χ3n) is 7.75. The molecular formula is C26H28F3N5O2. The van der Waals surface area contributed by atoms with Crippen LogP contribution in [0.15, 0.2) is 42.6 Å². The SMILES string of the molecule is O=C(O)CC1CCC2(CC1)CCN(c1ccc(-c3n[nH]c(-c4ccc(C(F)(F)F)cc4)n3)cn1)CC2. The zero-order valence-corrected chi connectivity index (χ0v) is 19.8. The molecule has 3 aromatic rings. The van der Waals surface area contributed by atoms with Gasteiger partial charge in [0.05, 0.1) is 5.56 Å². The van der Waals surface area contributed by atoms with Crippen LogP contribution < -0.4 is 4.90 Å². The highest BCUT2D eigenvalue weighted by Crippen LogP contribution is 2.47. The number of carboxylic acids is 1. The number of rotatable bonds is 5. The molecule has 1 spiro atoms. The van der Waals surface area contributed by atoms with Gasteiger partial charge in [0.1, 0.15) is 5.82 Å². The third-order valence-corrected chi connectivity index (χ3v) is 7.75. The molecule has 190 valence electrons. The van der Waals surface area contributed by atoms with E-state index in [9.17, 15) is 18.0 Å². The standard InChI is InChI=1S/C26H28F3N5O2/c27-26(28,29)20-4-1-18(2-5-20)23-31-24(33-32-23)19-3-6-21(30-16-19)34-13-11-25(12-14-34)9-7-17(8-10-25)15-22(35)36/h1-6,16-17H,7-15H2,(H,35,36)(H,31,32,33). The van der Waals surface area contributed by atoms with Gasteiger partial charge in [0.2, 0.25) is 0 Å². The highest BCUT2D eigenvalue weighted by atomic mass is 19.4. The predicted octanol–water partition coefficient (Wildman–Crippen LogP) is 5.80. The predicted molar refractivity (Wildman–Crippen MR) is 128 cm³/mol. The van der Waals surface area contributed by atoms with E-state index in [0.29, 0.717) is 28.5 Å². The van der Waals surface area contributed by atoms with Crippen molar-refractivity contribution in [2.45, 2.75) is 51.1 Å². The van der Waals surface area contributed by atoms with E-state index in [1.54, 1.807) is 6.20 Å². The van der Waals surface area contributed by atoms with Gasteiger partial charge >= 0.3 is 12.1 Å². The molecule has 0 radical (unpaired) electrons. The van der Waals surface area contributed by atoms with Gasteiger partial charge in [-0.1, -0.05) is 12.1 Å². The molecule has 1 aliphatic heterocycles. The number of benzene rings is 1. The monoisotopic (exact) mass is 499 g/mol. The Kier molecular flexibility index (Phi) is 6.44. The lowest BCUT2D eigenvalue weighted by molar-refractivity contribution is -0.139. The summed E-state index contributed by atoms with van der Waals surface area (Å²) in [4.78, 5) is 22.3. The summed E-state index contributed by atoms with van der Waals surface area (Å²) in [7, 11) is 0. The molecule has 0 bridgehead atoms. The summed E-state index contributed by atoms with van der Waals surface area (Å²) in [5.74, 6) is 1.34. The molecule has 0 unspecified atom stereocenters. The van der Waals surface area contributed by atoms with Crippen LogP contribution in [0.4, 0.5) is 19.0 Å². The molecule has 7 nitrogen and oxygen atoms in total. The minimum Gasteiger partial charge on any atom is -0.481 e. The van der Waals surface area contributed by atoms with E-state index < -0.39 is 17.7 Å². The van der Waals surface area contributed by atoms with Gasteiger partial charge in [-0.25, -0.2) is 9.97 Å². The van der Waals surface area contributed by atoms with Gasteiger partial charge in [0, 0.05) is 36.8 Å². The van der Waals surface area contributed by atoms with Crippen molar-refractivity contribution in [1.29, 1.82) is 0 Å². The molecule has 2 aromatic heterocycles. The maximum absolute atomic E-state index is 12.8. The average Bonchev–Trinajstić information content (AvgIpc) is 3.36. The lowest BCUT2D eigenvalue weighted by Crippen LogP contribution is -2.42. The van der Waals surface area contributed by atoms with Crippen molar-refractivity contribution < 1.29 is 23.1 Å². The Morgan fingerprint density at radius 3 is 2.28 bits per heavy atom. The Morgan fingerprint density at radius 2 is 1.69 bits per heavy atom. The van der Waals surface area contributed by atoms with Gasteiger partial charge in [-0.15, -0.1) is 0 Å². The quantitative estimate of drug-likeness (QED) is 0.461. The number of aliphatic carboxylic acids is 1. The molecule has 1 aliphatic carbocycles. The fourth-order valence-electron chi connectivity index (χ4n) is 5.49. The van der Waals surface area contributed by atoms with Crippen LogP contribution >= 0.6 is 0 Å². The lowest BCUT2D eigenvalue weighted by Gasteiger charge is -2.46. The second kappa shape index (κ2) is 9.55. The number of hydrogen-bond donors (Lipinski definition) is 2. The number of aromatic nitrogens is 4. The third kappa shape index (κ3) is 5.22. The summed E-state index contributed by atoms with van der Waals surface area (Å²) in [5.41, 5.74) is 0.864. The molecule has 2 N–H and O–H groups in total. The van der Waals surface area contributed by atoms with Crippen molar-refractivity contribution >= 4 is 11.8 Å². The number of alkyl halides is 3. The van der Waals surface area contributed by atoms with Gasteiger partial charge in [-0.05, 0) is 74.1 Å². The van der Waals surface area contributed by atoms with Gasteiger partial charge in [0.25, 0.3) is 0 Å². The molecule has 2 aliphatic rings. The molecule has 0 atom stereocenters. The van der Waals surface area contributed by atoms with Gasteiger partial charge < -0.3 is 10.0 Å². The number of aromatic amines is 1. The summed E-state index contributed by atoms with van der Waals surface area (Å²) >= 11 is 0. The van der Waals surface area contributed by atoms with E-state index in [4.69, 9.17) is 5.11 Å². The number of nitrogens with zero attached hydrogens (tertiary/aromatic N) is 4. The fourth-order valence-corrected chi connectivity index (χ4v) is 5.49. The van der Waals surface area contributed by atoms with Crippen LogP contribution in [0, 0.1) is 11.3 Å². The van der Waals surface area contributed by atoms with Crippen LogP contribution in [-0.2, 0) is 11.0 Å². The Hall–Kier alpha value is -3.43. The minimum absolute atomic E-state index is 0.287. The molecule has 5 rings (SSSR count). The van der Waals surface area contributed by atoms with Crippen LogP contribution in [0.5, 0.6) is 0 Å².